The lowest BCUT2D eigenvalue weighted by molar-refractivity contribution is 0.0538. The predicted octanol–water partition coefficient (Wildman–Crippen LogP) is 2.84. The molecule has 0 aliphatic carbocycles. The second-order valence-corrected chi connectivity index (χ2v) is 2.91. The van der Waals surface area contributed by atoms with Gasteiger partial charge in [0.2, 0.25) is 0 Å². The number of carbonyl (C=O) groups is 1. The average Bonchev–Trinajstić information content (AvgIpc) is 2.16. The number of benzene rings is 1. The Balaban J connectivity index is 2.91. The van der Waals surface area contributed by atoms with Crippen LogP contribution in [0.1, 0.15) is 17.3 Å². The topological polar surface area (TPSA) is 26.3 Å². The van der Waals surface area contributed by atoms with Crippen molar-refractivity contribution in [3.63, 3.8) is 0 Å². The van der Waals surface area contributed by atoms with Crippen molar-refractivity contribution in [2.45, 2.75) is 6.92 Å². The van der Waals surface area contributed by atoms with E-state index in [4.69, 9.17) is 0 Å². The third-order valence-electron chi connectivity index (χ3n) is 1.76. The Morgan fingerprint density at radius 3 is 2.38 bits per heavy atom. The minimum atomic E-state index is -1.28. The number of hydrogen-bond donors (Lipinski definition) is 0. The van der Waals surface area contributed by atoms with E-state index in [1.54, 1.807) is 13.0 Å². The molecular weight excluding hydrogens is 221 g/mol. The molecule has 0 radical (unpaired) electrons. The molecule has 86 valence electrons. The van der Waals surface area contributed by atoms with Gasteiger partial charge in [-0.25, -0.2) is 18.0 Å². The normalized spacial score (nSPS) is 10.8. The van der Waals surface area contributed by atoms with Crippen LogP contribution in [0, 0.1) is 17.5 Å². The molecule has 0 bridgehead atoms. The van der Waals surface area contributed by atoms with Crippen LogP contribution in [0.25, 0.3) is 0 Å². The Morgan fingerprint density at radius 1 is 1.31 bits per heavy atom. The van der Waals surface area contributed by atoms with Crippen LogP contribution in [0.4, 0.5) is 13.2 Å². The first-order valence-corrected chi connectivity index (χ1v) is 4.49. The van der Waals surface area contributed by atoms with E-state index in [1.807, 2.05) is 0 Å². The van der Waals surface area contributed by atoms with Crippen molar-refractivity contribution in [2.75, 3.05) is 6.61 Å². The fourth-order valence-corrected chi connectivity index (χ4v) is 1.03. The molecule has 0 amide bonds. The Morgan fingerprint density at radius 2 is 1.88 bits per heavy atom. The zero-order valence-corrected chi connectivity index (χ0v) is 8.47. The van der Waals surface area contributed by atoms with E-state index in [-0.39, 0.29) is 6.61 Å². The van der Waals surface area contributed by atoms with Crippen LogP contribution in [0.2, 0.25) is 0 Å². The number of allylic oxidation sites excluding steroid dienone is 1. The molecule has 0 aromatic heterocycles. The van der Waals surface area contributed by atoms with Gasteiger partial charge in [-0.3, -0.25) is 0 Å². The smallest absolute Gasteiger partial charge is 0.344 e. The summed E-state index contributed by atoms with van der Waals surface area (Å²) in [7, 11) is 0. The molecule has 16 heavy (non-hydrogen) atoms. The van der Waals surface area contributed by atoms with E-state index < -0.39 is 29.0 Å². The first-order valence-electron chi connectivity index (χ1n) is 4.49. The summed E-state index contributed by atoms with van der Waals surface area (Å²) < 4.78 is 43.2. The van der Waals surface area contributed by atoms with E-state index in [0.29, 0.717) is 12.1 Å². The molecule has 0 saturated carbocycles. The monoisotopic (exact) mass is 230 g/mol. The molecule has 0 unspecified atom stereocenters. The summed E-state index contributed by atoms with van der Waals surface area (Å²) in [5.74, 6) is -4.79. The van der Waals surface area contributed by atoms with Gasteiger partial charge in [-0.2, -0.15) is 0 Å². The number of esters is 1. The van der Waals surface area contributed by atoms with Gasteiger partial charge in [0, 0.05) is 12.1 Å². The summed E-state index contributed by atoms with van der Waals surface area (Å²) in [4.78, 5) is 11.2. The van der Waals surface area contributed by atoms with Crippen molar-refractivity contribution in [3.05, 3.63) is 47.3 Å². The minimum absolute atomic E-state index is 0.0917. The standard InChI is InChI=1S/C11H9F3O2/c1-2-3-4-16-11(15)10-8(13)5-7(12)6-9(10)14/h2-3,5-6H,4H2,1H3/b3-2+. The molecule has 0 spiro atoms. The molecular formula is C11H9F3O2. The number of hydrogen-bond acceptors (Lipinski definition) is 2. The van der Waals surface area contributed by atoms with E-state index in [9.17, 15) is 18.0 Å². The van der Waals surface area contributed by atoms with Gasteiger partial charge in [-0.05, 0) is 6.92 Å². The molecule has 1 aromatic carbocycles. The summed E-state index contributed by atoms with van der Waals surface area (Å²) in [6.45, 7) is 1.61. The van der Waals surface area contributed by atoms with Crippen molar-refractivity contribution < 1.29 is 22.7 Å². The molecule has 0 aliphatic rings. The van der Waals surface area contributed by atoms with Crippen LogP contribution in [0.15, 0.2) is 24.3 Å². The maximum absolute atomic E-state index is 13.1. The molecule has 0 aliphatic heterocycles. The first-order chi connectivity index (χ1) is 7.56. The highest BCUT2D eigenvalue weighted by Gasteiger charge is 2.19. The van der Waals surface area contributed by atoms with E-state index in [0.717, 1.165) is 0 Å². The zero-order chi connectivity index (χ0) is 12.1. The average molecular weight is 230 g/mol. The predicted molar refractivity (Wildman–Crippen MR) is 51.4 cm³/mol. The second-order valence-electron chi connectivity index (χ2n) is 2.91. The lowest BCUT2D eigenvalue weighted by atomic mass is 10.2. The molecule has 1 aromatic rings. The molecule has 0 fully saturated rings. The summed E-state index contributed by atoms with van der Waals surface area (Å²) in [5.41, 5.74) is -0.883. The van der Waals surface area contributed by atoms with Gasteiger partial charge < -0.3 is 4.74 Å². The number of carbonyl (C=O) groups excluding carboxylic acids is 1. The van der Waals surface area contributed by atoms with Crippen LogP contribution in [-0.4, -0.2) is 12.6 Å². The van der Waals surface area contributed by atoms with Crippen molar-refractivity contribution in [3.8, 4) is 0 Å². The molecule has 0 N–H and O–H groups in total. The number of ether oxygens (including phenoxy) is 1. The quantitative estimate of drug-likeness (QED) is 0.589. The zero-order valence-electron chi connectivity index (χ0n) is 8.47. The van der Waals surface area contributed by atoms with Crippen molar-refractivity contribution in [2.24, 2.45) is 0 Å². The Kier molecular flexibility index (Phi) is 4.10. The lowest BCUT2D eigenvalue weighted by Gasteiger charge is -2.04. The summed E-state index contributed by atoms with van der Waals surface area (Å²) in [6.07, 6.45) is 3.11. The van der Waals surface area contributed by atoms with Crippen LogP contribution >= 0.6 is 0 Å². The van der Waals surface area contributed by atoms with Gasteiger partial charge in [0.1, 0.15) is 29.6 Å². The highest BCUT2D eigenvalue weighted by Crippen LogP contribution is 2.15. The van der Waals surface area contributed by atoms with E-state index >= 15 is 0 Å². The summed E-state index contributed by atoms with van der Waals surface area (Å²) in [6, 6.07) is 0.852. The molecule has 1 rings (SSSR count). The maximum Gasteiger partial charge on any atom is 0.344 e. The molecule has 5 heteroatoms. The van der Waals surface area contributed by atoms with Crippen LogP contribution in [0.5, 0.6) is 0 Å². The summed E-state index contributed by atoms with van der Waals surface area (Å²) >= 11 is 0. The molecule has 0 atom stereocenters. The highest BCUT2D eigenvalue weighted by atomic mass is 19.1. The van der Waals surface area contributed by atoms with E-state index in [2.05, 4.69) is 4.74 Å². The van der Waals surface area contributed by atoms with Gasteiger partial charge >= 0.3 is 5.97 Å². The summed E-state index contributed by atoms with van der Waals surface area (Å²) in [5, 5.41) is 0. The maximum atomic E-state index is 13.1. The van der Waals surface area contributed by atoms with Crippen molar-refractivity contribution in [1.82, 2.24) is 0 Å². The van der Waals surface area contributed by atoms with Gasteiger partial charge in [0.25, 0.3) is 0 Å². The Labute approximate surface area is 90.3 Å². The number of rotatable bonds is 3. The first kappa shape index (κ1) is 12.3. The van der Waals surface area contributed by atoms with Gasteiger partial charge in [-0.15, -0.1) is 0 Å². The van der Waals surface area contributed by atoms with Gasteiger partial charge in [0.05, 0.1) is 0 Å². The van der Waals surface area contributed by atoms with Gasteiger partial charge in [0.15, 0.2) is 0 Å². The number of halogens is 3. The van der Waals surface area contributed by atoms with Gasteiger partial charge in [-0.1, -0.05) is 12.2 Å². The van der Waals surface area contributed by atoms with Crippen molar-refractivity contribution in [1.29, 1.82) is 0 Å². The fourth-order valence-electron chi connectivity index (χ4n) is 1.03. The minimum Gasteiger partial charge on any atom is -0.458 e. The fraction of sp³-hybridized carbons (Fsp3) is 0.182. The molecule has 2 nitrogen and oxygen atoms in total. The lowest BCUT2D eigenvalue weighted by Crippen LogP contribution is -2.10. The molecule has 0 heterocycles. The SMILES string of the molecule is C/C=C/COC(=O)c1c(F)cc(F)cc1F. The van der Waals surface area contributed by atoms with Crippen LogP contribution in [-0.2, 0) is 4.74 Å². The van der Waals surface area contributed by atoms with Crippen molar-refractivity contribution >= 4 is 5.97 Å². The van der Waals surface area contributed by atoms with Crippen LogP contribution in [0.3, 0.4) is 0 Å². The Hall–Kier alpha value is -1.78. The van der Waals surface area contributed by atoms with E-state index in [1.165, 1.54) is 6.08 Å². The molecule has 0 saturated heterocycles. The Bertz CT molecular complexity index is 404. The third-order valence-corrected chi connectivity index (χ3v) is 1.76. The third kappa shape index (κ3) is 2.85. The van der Waals surface area contributed by atoms with Crippen LogP contribution < -0.4 is 0 Å². The highest BCUT2D eigenvalue weighted by molar-refractivity contribution is 5.90. The largest absolute Gasteiger partial charge is 0.458 e. The second kappa shape index (κ2) is 5.34.